The van der Waals surface area contributed by atoms with Gasteiger partial charge in [0.1, 0.15) is 5.75 Å². The molecule has 2 aromatic carbocycles. The van der Waals surface area contributed by atoms with E-state index in [9.17, 15) is 4.79 Å². The van der Waals surface area contributed by atoms with E-state index < -0.39 is 5.54 Å². The molecule has 0 aliphatic rings. The normalized spacial score (nSPS) is 11.2. The fraction of sp³-hybridized carbons (Fsp3) is 0.381. The van der Waals surface area contributed by atoms with Crippen LogP contribution in [0.2, 0.25) is 5.02 Å². The summed E-state index contributed by atoms with van der Waals surface area (Å²) in [6.07, 6.45) is 1.77. The molecule has 0 radical (unpaired) electrons. The molecule has 0 heterocycles. The highest BCUT2D eigenvalue weighted by Crippen LogP contribution is 2.20. The summed E-state index contributed by atoms with van der Waals surface area (Å²) in [6, 6.07) is 15.7. The summed E-state index contributed by atoms with van der Waals surface area (Å²) in [5.41, 5.74) is 1.67. The van der Waals surface area contributed by atoms with Crippen LogP contribution in [-0.4, -0.2) is 29.8 Å². The van der Waals surface area contributed by atoms with Crippen LogP contribution in [0.15, 0.2) is 48.5 Å². The van der Waals surface area contributed by atoms with Gasteiger partial charge in [0.25, 0.3) is 0 Å². The second-order valence-corrected chi connectivity index (χ2v) is 7.36. The van der Waals surface area contributed by atoms with Gasteiger partial charge < -0.3 is 15.2 Å². The van der Waals surface area contributed by atoms with E-state index in [4.69, 9.17) is 21.4 Å². The molecular weight excluding hydrogens is 350 g/mol. The van der Waals surface area contributed by atoms with Crippen molar-refractivity contribution >= 4 is 17.5 Å². The Labute approximate surface area is 160 Å². The van der Waals surface area contributed by atoms with Crippen LogP contribution in [0.5, 0.6) is 5.75 Å². The highest BCUT2D eigenvalue weighted by molar-refractivity contribution is 6.31. The number of benzene rings is 2. The second-order valence-electron chi connectivity index (χ2n) is 6.95. The van der Waals surface area contributed by atoms with E-state index in [0.29, 0.717) is 19.4 Å². The Balaban J connectivity index is 1.74. The van der Waals surface area contributed by atoms with Crippen molar-refractivity contribution in [2.24, 2.45) is 0 Å². The predicted octanol–water partition coefficient (Wildman–Crippen LogP) is 3.98. The Hall–Kier alpha value is -2.04. The fourth-order valence-electron chi connectivity index (χ4n) is 2.47. The SMILES string of the molecule is CC(C)(CO)NC(=O)CCCOc1ccc(Cc2ccccc2Cl)cc1. The van der Waals surface area contributed by atoms with E-state index in [1.54, 1.807) is 13.8 Å². The van der Waals surface area contributed by atoms with Crippen LogP contribution in [0.4, 0.5) is 0 Å². The number of hydrogen-bond donors (Lipinski definition) is 2. The van der Waals surface area contributed by atoms with Gasteiger partial charge in [-0.3, -0.25) is 4.79 Å². The number of ether oxygens (including phenoxy) is 1. The van der Waals surface area contributed by atoms with Gasteiger partial charge in [-0.25, -0.2) is 0 Å². The molecule has 2 rings (SSSR count). The van der Waals surface area contributed by atoms with Crippen molar-refractivity contribution in [3.05, 3.63) is 64.7 Å². The Morgan fingerprint density at radius 3 is 2.50 bits per heavy atom. The van der Waals surface area contributed by atoms with E-state index in [-0.39, 0.29) is 12.5 Å². The summed E-state index contributed by atoms with van der Waals surface area (Å²) < 4.78 is 5.69. The number of halogens is 1. The number of amides is 1. The molecule has 2 N–H and O–H groups in total. The number of aliphatic hydroxyl groups excluding tert-OH is 1. The average molecular weight is 376 g/mol. The van der Waals surface area contributed by atoms with E-state index in [1.165, 1.54) is 0 Å². The summed E-state index contributed by atoms with van der Waals surface area (Å²) in [6.45, 7) is 3.95. The minimum absolute atomic E-state index is 0.0808. The van der Waals surface area contributed by atoms with E-state index in [1.807, 2.05) is 48.5 Å². The van der Waals surface area contributed by atoms with Crippen LogP contribution < -0.4 is 10.1 Å². The van der Waals surface area contributed by atoms with Gasteiger partial charge in [0.05, 0.1) is 18.8 Å². The number of aliphatic hydroxyl groups is 1. The first kappa shape index (κ1) is 20.3. The van der Waals surface area contributed by atoms with Gasteiger partial charge in [-0.05, 0) is 56.0 Å². The molecule has 0 aliphatic heterocycles. The zero-order valence-corrected chi connectivity index (χ0v) is 16.1. The zero-order valence-electron chi connectivity index (χ0n) is 15.3. The molecular formula is C21H26ClNO3. The first-order valence-electron chi connectivity index (χ1n) is 8.77. The van der Waals surface area contributed by atoms with Crippen LogP contribution >= 0.6 is 11.6 Å². The molecule has 0 atom stereocenters. The summed E-state index contributed by atoms with van der Waals surface area (Å²) >= 11 is 6.19. The van der Waals surface area contributed by atoms with Gasteiger partial charge in [-0.2, -0.15) is 0 Å². The van der Waals surface area contributed by atoms with Crippen molar-refractivity contribution in [3.8, 4) is 5.75 Å². The fourth-order valence-corrected chi connectivity index (χ4v) is 2.67. The van der Waals surface area contributed by atoms with Crippen molar-refractivity contribution in [2.75, 3.05) is 13.2 Å². The maximum atomic E-state index is 11.8. The Kier molecular flexibility index (Phi) is 7.49. The molecule has 0 unspecified atom stereocenters. The molecule has 0 bridgehead atoms. The monoisotopic (exact) mass is 375 g/mol. The molecule has 140 valence electrons. The lowest BCUT2D eigenvalue weighted by atomic mass is 10.1. The van der Waals surface area contributed by atoms with Crippen LogP contribution in [0.1, 0.15) is 37.8 Å². The third-order valence-electron chi connectivity index (χ3n) is 3.97. The third kappa shape index (κ3) is 6.70. The van der Waals surface area contributed by atoms with Crippen molar-refractivity contribution < 1.29 is 14.6 Å². The van der Waals surface area contributed by atoms with Gasteiger partial charge in [0.15, 0.2) is 0 Å². The summed E-state index contributed by atoms with van der Waals surface area (Å²) in [5, 5.41) is 12.7. The smallest absolute Gasteiger partial charge is 0.220 e. The number of hydrogen-bond acceptors (Lipinski definition) is 3. The average Bonchev–Trinajstić information content (AvgIpc) is 2.62. The molecule has 0 saturated heterocycles. The molecule has 4 nitrogen and oxygen atoms in total. The standard InChI is InChI=1S/C21H26ClNO3/c1-21(2,15-24)23-20(25)8-5-13-26-18-11-9-16(10-12-18)14-17-6-3-4-7-19(17)22/h3-4,6-7,9-12,24H,5,8,13-15H2,1-2H3,(H,23,25). The number of carbonyl (C=O) groups is 1. The van der Waals surface area contributed by atoms with E-state index in [0.717, 1.165) is 28.3 Å². The minimum Gasteiger partial charge on any atom is -0.494 e. The maximum Gasteiger partial charge on any atom is 0.220 e. The minimum atomic E-state index is -0.588. The van der Waals surface area contributed by atoms with Crippen molar-refractivity contribution in [3.63, 3.8) is 0 Å². The summed E-state index contributed by atoms with van der Waals surface area (Å²) in [7, 11) is 0. The maximum absolute atomic E-state index is 11.8. The number of carbonyl (C=O) groups excluding carboxylic acids is 1. The lowest BCUT2D eigenvalue weighted by molar-refractivity contribution is -0.123. The van der Waals surface area contributed by atoms with Crippen LogP contribution in [-0.2, 0) is 11.2 Å². The lowest BCUT2D eigenvalue weighted by Gasteiger charge is -2.23. The van der Waals surface area contributed by atoms with E-state index in [2.05, 4.69) is 5.32 Å². The number of nitrogens with one attached hydrogen (secondary N) is 1. The van der Waals surface area contributed by atoms with Gasteiger partial charge in [0, 0.05) is 11.4 Å². The van der Waals surface area contributed by atoms with Crippen molar-refractivity contribution in [1.82, 2.24) is 5.32 Å². The summed E-state index contributed by atoms with van der Waals surface area (Å²) in [4.78, 5) is 11.8. The van der Waals surface area contributed by atoms with Crippen molar-refractivity contribution in [2.45, 2.75) is 38.6 Å². The van der Waals surface area contributed by atoms with Crippen molar-refractivity contribution in [1.29, 1.82) is 0 Å². The topological polar surface area (TPSA) is 58.6 Å². The molecule has 0 fully saturated rings. The van der Waals surface area contributed by atoms with Crippen LogP contribution in [0, 0.1) is 0 Å². The third-order valence-corrected chi connectivity index (χ3v) is 4.33. The molecule has 2 aromatic rings. The Bertz CT molecular complexity index is 713. The largest absolute Gasteiger partial charge is 0.494 e. The molecule has 1 amide bonds. The van der Waals surface area contributed by atoms with Crippen LogP contribution in [0.3, 0.4) is 0 Å². The molecule has 0 spiro atoms. The van der Waals surface area contributed by atoms with Gasteiger partial charge in [-0.1, -0.05) is 41.9 Å². The Morgan fingerprint density at radius 2 is 1.85 bits per heavy atom. The molecule has 0 aromatic heterocycles. The first-order valence-corrected chi connectivity index (χ1v) is 9.14. The second kappa shape index (κ2) is 9.60. The van der Waals surface area contributed by atoms with Gasteiger partial charge in [0.2, 0.25) is 5.91 Å². The van der Waals surface area contributed by atoms with Gasteiger partial charge in [-0.15, -0.1) is 0 Å². The predicted molar refractivity (Wildman–Crippen MR) is 105 cm³/mol. The Morgan fingerprint density at radius 1 is 1.15 bits per heavy atom. The lowest BCUT2D eigenvalue weighted by Crippen LogP contribution is -2.46. The highest BCUT2D eigenvalue weighted by Gasteiger charge is 2.18. The van der Waals surface area contributed by atoms with E-state index >= 15 is 0 Å². The zero-order chi connectivity index (χ0) is 19.0. The molecule has 0 saturated carbocycles. The summed E-state index contributed by atoms with van der Waals surface area (Å²) in [5.74, 6) is 0.701. The quantitative estimate of drug-likeness (QED) is 0.652. The first-order chi connectivity index (χ1) is 12.4. The number of rotatable bonds is 9. The van der Waals surface area contributed by atoms with Gasteiger partial charge >= 0.3 is 0 Å². The molecule has 5 heteroatoms. The molecule has 26 heavy (non-hydrogen) atoms. The highest BCUT2D eigenvalue weighted by atomic mass is 35.5. The van der Waals surface area contributed by atoms with Crippen LogP contribution in [0.25, 0.3) is 0 Å². The molecule has 0 aliphatic carbocycles.